The zero-order valence-corrected chi connectivity index (χ0v) is 10.00. The number of benzene rings is 1. The van der Waals surface area contributed by atoms with Crippen molar-refractivity contribution in [3.05, 3.63) is 18.2 Å². The van der Waals surface area contributed by atoms with E-state index in [0.29, 0.717) is 6.42 Å². The van der Waals surface area contributed by atoms with Gasteiger partial charge in [0.1, 0.15) is 0 Å². The van der Waals surface area contributed by atoms with Gasteiger partial charge < -0.3 is 10.2 Å². The monoisotopic (exact) mass is 244 g/mol. The van der Waals surface area contributed by atoms with Gasteiger partial charge in [-0.05, 0) is 18.6 Å². The van der Waals surface area contributed by atoms with Crippen molar-refractivity contribution >= 4 is 9.84 Å². The molecule has 1 aromatic rings. The first-order valence-electron chi connectivity index (χ1n) is 5.22. The van der Waals surface area contributed by atoms with Crippen LogP contribution >= 0.6 is 0 Å². The van der Waals surface area contributed by atoms with Gasteiger partial charge in [0.05, 0.1) is 10.6 Å². The van der Waals surface area contributed by atoms with Crippen LogP contribution in [-0.4, -0.2) is 24.4 Å². The summed E-state index contributed by atoms with van der Waals surface area (Å²) in [6, 6.07) is 3.56. The summed E-state index contributed by atoms with van der Waals surface area (Å²) in [6.07, 6.45) is 2.43. The van der Waals surface area contributed by atoms with Crippen LogP contribution in [0.3, 0.4) is 0 Å². The third-order valence-corrected chi connectivity index (χ3v) is 4.12. The molecule has 4 nitrogen and oxygen atoms in total. The Kier molecular flexibility index (Phi) is 4.18. The van der Waals surface area contributed by atoms with E-state index >= 15 is 0 Å². The first-order chi connectivity index (χ1) is 7.47. The molecular formula is C11H16O4S. The van der Waals surface area contributed by atoms with Crippen molar-refractivity contribution in [1.82, 2.24) is 0 Å². The standard InChI is InChI=1S/C11H16O4S/c1-2-3-4-7-16(14,15)9-5-6-10(12)11(13)8-9/h5-6,8,12-13H,2-4,7H2,1H3. The molecule has 16 heavy (non-hydrogen) atoms. The molecular weight excluding hydrogens is 228 g/mol. The van der Waals surface area contributed by atoms with Crippen molar-refractivity contribution in [3.63, 3.8) is 0 Å². The highest BCUT2D eigenvalue weighted by Crippen LogP contribution is 2.27. The van der Waals surface area contributed by atoms with Crippen molar-refractivity contribution in [2.24, 2.45) is 0 Å². The zero-order chi connectivity index (χ0) is 12.2. The average molecular weight is 244 g/mol. The first kappa shape index (κ1) is 12.8. The second-order valence-electron chi connectivity index (χ2n) is 3.68. The topological polar surface area (TPSA) is 74.6 Å². The van der Waals surface area contributed by atoms with E-state index in [9.17, 15) is 13.5 Å². The van der Waals surface area contributed by atoms with E-state index in [-0.39, 0.29) is 16.4 Å². The number of rotatable bonds is 5. The summed E-state index contributed by atoms with van der Waals surface area (Å²) in [5.74, 6) is -0.644. The number of aromatic hydroxyl groups is 2. The van der Waals surface area contributed by atoms with Crippen molar-refractivity contribution in [1.29, 1.82) is 0 Å². The summed E-state index contributed by atoms with van der Waals surface area (Å²) < 4.78 is 23.6. The molecule has 0 atom stereocenters. The lowest BCUT2D eigenvalue weighted by molar-refractivity contribution is 0.402. The number of sulfone groups is 1. The third-order valence-electron chi connectivity index (χ3n) is 2.32. The Balaban J connectivity index is 2.86. The van der Waals surface area contributed by atoms with Gasteiger partial charge in [0.15, 0.2) is 21.3 Å². The summed E-state index contributed by atoms with van der Waals surface area (Å²) in [4.78, 5) is 0.0545. The molecule has 90 valence electrons. The van der Waals surface area contributed by atoms with Gasteiger partial charge >= 0.3 is 0 Å². The number of phenolic OH excluding ortho intramolecular Hbond substituents is 2. The molecule has 0 aliphatic rings. The van der Waals surface area contributed by atoms with Crippen LogP contribution in [-0.2, 0) is 9.84 Å². The average Bonchev–Trinajstić information content (AvgIpc) is 2.22. The second-order valence-corrected chi connectivity index (χ2v) is 5.79. The van der Waals surface area contributed by atoms with Crippen LogP contribution in [0, 0.1) is 0 Å². The lowest BCUT2D eigenvalue weighted by Gasteiger charge is -2.05. The van der Waals surface area contributed by atoms with E-state index in [1.807, 2.05) is 6.92 Å². The van der Waals surface area contributed by atoms with Gasteiger partial charge in [0.2, 0.25) is 0 Å². The fraction of sp³-hybridized carbons (Fsp3) is 0.455. The minimum Gasteiger partial charge on any atom is -0.504 e. The Morgan fingerprint density at radius 2 is 1.81 bits per heavy atom. The third kappa shape index (κ3) is 3.13. The summed E-state index contributed by atoms with van der Waals surface area (Å²) in [7, 11) is -3.34. The molecule has 1 rings (SSSR count). The van der Waals surface area contributed by atoms with Crippen molar-refractivity contribution in [2.45, 2.75) is 31.1 Å². The van der Waals surface area contributed by atoms with Crippen LogP contribution in [0.5, 0.6) is 11.5 Å². The van der Waals surface area contributed by atoms with E-state index in [1.165, 1.54) is 12.1 Å². The van der Waals surface area contributed by atoms with Crippen molar-refractivity contribution < 1.29 is 18.6 Å². The van der Waals surface area contributed by atoms with E-state index in [0.717, 1.165) is 18.9 Å². The van der Waals surface area contributed by atoms with Crippen LogP contribution in [0.15, 0.2) is 23.1 Å². The Morgan fingerprint density at radius 3 is 2.38 bits per heavy atom. The van der Waals surface area contributed by atoms with Crippen LogP contribution in [0.4, 0.5) is 0 Å². The fourth-order valence-electron chi connectivity index (χ4n) is 1.36. The molecule has 2 N–H and O–H groups in total. The van der Waals surface area contributed by atoms with E-state index in [1.54, 1.807) is 0 Å². The van der Waals surface area contributed by atoms with Crippen LogP contribution in [0.1, 0.15) is 26.2 Å². The molecule has 0 bridgehead atoms. The minimum atomic E-state index is -3.34. The summed E-state index contributed by atoms with van der Waals surface area (Å²) in [5.41, 5.74) is 0. The number of hydrogen-bond donors (Lipinski definition) is 2. The highest BCUT2D eigenvalue weighted by atomic mass is 32.2. The van der Waals surface area contributed by atoms with Crippen LogP contribution < -0.4 is 0 Å². The Labute approximate surface area is 95.5 Å². The Morgan fingerprint density at radius 1 is 1.12 bits per heavy atom. The highest BCUT2D eigenvalue weighted by molar-refractivity contribution is 7.91. The number of unbranched alkanes of at least 4 members (excludes halogenated alkanes) is 2. The van der Waals surface area contributed by atoms with Gasteiger partial charge in [-0.25, -0.2) is 8.42 Å². The highest BCUT2D eigenvalue weighted by Gasteiger charge is 2.15. The van der Waals surface area contributed by atoms with Gasteiger partial charge in [-0.15, -0.1) is 0 Å². The van der Waals surface area contributed by atoms with Gasteiger partial charge in [-0.3, -0.25) is 0 Å². The normalized spacial score (nSPS) is 11.6. The molecule has 1 aromatic carbocycles. The molecule has 0 aliphatic heterocycles. The molecule has 0 radical (unpaired) electrons. The van der Waals surface area contributed by atoms with E-state index in [4.69, 9.17) is 5.11 Å². The predicted molar refractivity (Wildman–Crippen MR) is 61.3 cm³/mol. The number of phenols is 2. The quantitative estimate of drug-likeness (QED) is 0.614. The predicted octanol–water partition coefficient (Wildman–Crippen LogP) is 2.06. The summed E-state index contributed by atoms with van der Waals surface area (Å²) >= 11 is 0. The van der Waals surface area contributed by atoms with Gasteiger partial charge in [0.25, 0.3) is 0 Å². The minimum absolute atomic E-state index is 0.0545. The SMILES string of the molecule is CCCCCS(=O)(=O)c1ccc(O)c(O)c1. The molecule has 0 heterocycles. The Bertz CT molecular complexity index is 451. The molecule has 5 heteroatoms. The van der Waals surface area contributed by atoms with Crippen LogP contribution in [0.2, 0.25) is 0 Å². The molecule has 0 aromatic heterocycles. The largest absolute Gasteiger partial charge is 0.504 e. The molecule has 0 amide bonds. The van der Waals surface area contributed by atoms with E-state index < -0.39 is 15.6 Å². The maximum absolute atomic E-state index is 11.8. The maximum atomic E-state index is 11.8. The molecule has 0 saturated carbocycles. The molecule has 0 spiro atoms. The summed E-state index contributed by atoms with van der Waals surface area (Å²) in [5, 5.41) is 18.3. The van der Waals surface area contributed by atoms with Gasteiger partial charge in [-0.1, -0.05) is 19.8 Å². The maximum Gasteiger partial charge on any atom is 0.178 e. The first-order valence-corrected chi connectivity index (χ1v) is 6.87. The fourth-order valence-corrected chi connectivity index (χ4v) is 2.74. The van der Waals surface area contributed by atoms with E-state index in [2.05, 4.69) is 0 Å². The molecule has 0 saturated heterocycles. The molecule has 0 aliphatic carbocycles. The van der Waals surface area contributed by atoms with Crippen molar-refractivity contribution in [2.75, 3.05) is 5.75 Å². The molecule has 0 unspecified atom stereocenters. The lowest BCUT2D eigenvalue weighted by Crippen LogP contribution is -2.06. The second kappa shape index (κ2) is 5.21. The zero-order valence-electron chi connectivity index (χ0n) is 9.18. The number of hydrogen-bond acceptors (Lipinski definition) is 4. The Hall–Kier alpha value is -1.23. The van der Waals surface area contributed by atoms with Crippen molar-refractivity contribution in [3.8, 4) is 11.5 Å². The lowest BCUT2D eigenvalue weighted by atomic mass is 10.3. The van der Waals surface area contributed by atoms with Gasteiger partial charge in [-0.2, -0.15) is 0 Å². The summed E-state index contributed by atoms with van der Waals surface area (Å²) in [6.45, 7) is 2.00. The molecule has 0 fully saturated rings. The van der Waals surface area contributed by atoms with Gasteiger partial charge in [0, 0.05) is 6.07 Å². The smallest absolute Gasteiger partial charge is 0.178 e. The van der Waals surface area contributed by atoms with Crippen LogP contribution in [0.25, 0.3) is 0 Å².